The molecule has 0 aliphatic carbocycles. The van der Waals surface area contributed by atoms with Crippen molar-refractivity contribution in [2.75, 3.05) is 26.2 Å². The number of aryl methyl sites for hydroxylation is 1. The summed E-state index contributed by atoms with van der Waals surface area (Å²) in [7, 11) is 0. The molecule has 5 heterocycles. The lowest BCUT2D eigenvalue weighted by Gasteiger charge is -2.42. The number of carbonyl (C=O) groups is 2. The minimum atomic E-state index is -0.204. The van der Waals surface area contributed by atoms with Crippen molar-refractivity contribution in [2.24, 2.45) is 5.92 Å². The minimum Gasteiger partial charge on any atom is -0.342 e. The van der Waals surface area contributed by atoms with Crippen molar-refractivity contribution in [3.63, 3.8) is 0 Å². The average Bonchev–Trinajstić information content (AvgIpc) is 3.54. The third kappa shape index (κ3) is 4.55. The van der Waals surface area contributed by atoms with Crippen molar-refractivity contribution in [3.05, 3.63) is 52.9 Å². The normalized spacial score (nSPS) is 29.1. The van der Waals surface area contributed by atoms with Gasteiger partial charge in [0.2, 0.25) is 11.8 Å². The van der Waals surface area contributed by atoms with E-state index in [9.17, 15) is 14.0 Å². The van der Waals surface area contributed by atoms with Crippen molar-refractivity contribution in [2.45, 2.75) is 89.9 Å². The van der Waals surface area contributed by atoms with Gasteiger partial charge in [-0.1, -0.05) is 19.1 Å². The molecular formula is C30H40FN5O2. The van der Waals surface area contributed by atoms with Crippen molar-refractivity contribution in [3.8, 4) is 0 Å². The Hall–Kier alpha value is -2.74. The van der Waals surface area contributed by atoms with E-state index >= 15 is 0 Å². The van der Waals surface area contributed by atoms with Crippen LogP contribution in [0, 0.1) is 18.7 Å². The number of piperidine rings is 1. The van der Waals surface area contributed by atoms with Gasteiger partial charge in [0.25, 0.3) is 0 Å². The lowest BCUT2D eigenvalue weighted by Crippen LogP contribution is -2.47. The van der Waals surface area contributed by atoms with E-state index in [1.807, 2.05) is 22.8 Å². The number of fused-ring (bicyclic) bond motifs is 3. The molecule has 1 aromatic carbocycles. The molecule has 7 nitrogen and oxygen atoms in total. The van der Waals surface area contributed by atoms with E-state index in [-0.39, 0.29) is 23.5 Å². The van der Waals surface area contributed by atoms with Crippen LogP contribution < -0.4 is 0 Å². The maximum Gasteiger partial charge on any atom is 0.222 e. The summed E-state index contributed by atoms with van der Waals surface area (Å²) in [5, 5.41) is 0. The number of halogens is 1. The Morgan fingerprint density at radius 1 is 1.08 bits per heavy atom. The SMILES string of the molecule is CCC(=O)N1CCc2c(nc(C)n2C2C[C@H]3CC[C@@H](C2)N3C[C@H]2CN(C(C)=O)C[C@@H]2c2cccc(F)c2)C1. The largest absolute Gasteiger partial charge is 0.342 e. The average molecular weight is 522 g/mol. The highest BCUT2D eigenvalue weighted by atomic mass is 19.1. The van der Waals surface area contributed by atoms with Gasteiger partial charge in [-0.15, -0.1) is 0 Å². The first kappa shape index (κ1) is 25.5. The highest BCUT2D eigenvalue weighted by molar-refractivity contribution is 5.76. The van der Waals surface area contributed by atoms with E-state index in [2.05, 4.69) is 16.4 Å². The number of benzene rings is 1. The zero-order valence-corrected chi connectivity index (χ0v) is 22.9. The molecule has 204 valence electrons. The number of carbonyl (C=O) groups excluding carboxylic acids is 2. The molecule has 5 atom stereocenters. The maximum atomic E-state index is 14.1. The van der Waals surface area contributed by atoms with Crippen LogP contribution in [0.15, 0.2) is 24.3 Å². The highest BCUT2D eigenvalue weighted by Gasteiger charge is 2.45. The van der Waals surface area contributed by atoms with Crippen LogP contribution in [0.2, 0.25) is 0 Å². The number of amides is 2. The summed E-state index contributed by atoms with van der Waals surface area (Å²) in [6, 6.07) is 8.46. The monoisotopic (exact) mass is 521 g/mol. The molecule has 2 aromatic rings. The molecule has 0 N–H and O–H groups in total. The fourth-order valence-corrected chi connectivity index (χ4v) is 7.91. The standard InChI is InChI=1S/C30H40FN5O2/c1-4-30(38)33-11-10-29-28(18-33)32-19(2)36(29)26-13-24-8-9-25(14-26)35(24)16-22-15-34(20(3)37)17-27(22)21-6-5-7-23(31)12-21/h5-7,12,22,24-27H,4,8-11,13-18H2,1-3H3/t22-,24-,25+,26?,27-/m1/s1. The van der Waals surface area contributed by atoms with Crippen molar-refractivity contribution in [1.29, 1.82) is 0 Å². The van der Waals surface area contributed by atoms with Crippen LogP contribution in [0.1, 0.15) is 80.7 Å². The molecule has 2 bridgehead atoms. The van der Waals surface area contributed by atoms with Crippen LogP contribution in [-0.4, -0.2) is 74.3 Å². The number of nitrogens with zero attached hydrogens (tertiary/aromatic N) is 5. The first-order valence-electron chi connectivity index (χ1n) is 14.4. The molecule has 6 rings (SSSR count). The fraction of sp³-hybridized carbons (Fsp3) is 0.633. The Morgan fingerprint density at radius 2 is 1.84 bits per heavy atom. The molecule has 0 spiro atoms. The zero-order chi connectivity index (χ0) is 26.6. The molecule has 8 heteroatoms. The molecule has 3 fully saturated rings. The van der Waals surface area contributed by atoms with Gasteiger partial charge < -0.3 is 14.4 Å². The van der Waals surface area contributed by atoms with Gasteiger partial charge in [-0.25, -0.2) is 9.37 Å². The predicted octanol–water partition coefficient (Wildman–Crippen LogP) is 4.06. The maximum absolute atomic E-state index is 14.1. The van der Waals surface area contributed by atoms with Crippen LogP contribution in [0.5, 0.6) is 0 Å². The van der Waals surface area contributed by atoms with Gasteiger partial charge in [-0.05, 0) is 56.2 Å². The molecule has 0 radical (unpaired) electrons. The van der Waals surface area contributed by atoms with Gasteiger partial charge in [-0.3, -0.25) is 14.5 Å². The first-order valence-corrected chi connectivity index (χ1v) is 14.4. The van der Waals surface area contributed by atoms with Gasteiger partial charge in [0, 0.05) is 75.7 Å². The Bertz CT molecular complexity index is 1210. The van der Waals surface area contributed by atoms with Crippen molar-refractivity contribution in [1.82, 2.24) is 24.3 Å². The summed E-state index contributed by atoms with van der Waals surface area (Å²) in [5.74, 6) is 1.67. The molecule has 4 aliphatic rings. The van der Waals surface area contributed by atoms with Crippen molar-refractivity contribution < 1.29 is 14.0 Å². The summed E-state index contributed by atoms with van der Waals surface area (Å²) < 4.78 is 16.6. The van der Waals surface area contributed by atoms with Gasteiger partial charge >= 0.3 is 0 Å². The second kappa shape index (κ2) is 10.1. The van der Waals surface area contributed by atoms with E-state index in [4.69, 9.17) is 4.98 Å². The minimum absolute atomic E-state index is 0.107. The molecular weight excluding hydrogens is 481 g/mol. The lowest BCUT2D eigenvalue weighted by atomic mass is 9.87. The van der Waals surface area contributed by atoms with Crippen LogP contribution in [0.4, 0.5) is 4.39 Å². The Labute approximate surface area is 225 Å². The first-order chi connectivity index (χ1) is 18.3. The Kier molecular flexibility index (Phi) is 6.79. The fourth-order valence-electron chi connectivity index (χ4n) is 7.91. The predicted molar refractivity (Wildman–Crippen MR) is 143 cm³/mol. The van der Waals surface area contributed by atoms with Crippen LogP contribution in [0.25, 0.3) is 0 Å². The van der Waals surface area contributed by atoms with E-state index in [1.54, 1.807) is 19.1 Å². The summed E-state index contributed by atoms with van der Waals surface area (Å²) in [5.41, 5.74) is 3.43. The third-order valence-electron chi connectivity index (χ3n) is 9.72. The highest BCUT2D eigenvalue weighted by Crippen LogP contribution is 2.44. The number of imidazole rings is 1. The van der Waals surface area contributed by atoms with E-state index in [0.717, 1.165) is 56.0 Å². The smallest absolute Gasteiger partial charge is 0.222 e. The second-order valence-corrected chi connectivity index (χ2v) is 11.9. The molecule has 4 aliphatic heterocycles. The van der Waals surface area contributed by atoms with Gasteiger partial charge in [0.15, 0.2) is 0 Å². The third-order valence-corrected chi connectivity index (χ3v) is 9.72. The number of likely N-dealkylation sites (tertiary alicyclic amines) is 1. The van der Waals surface area contributed by atoms with E-state index in [0.29, 0.717) is 43.6 Å². The van der Waals surface area contributed by atoms with E-state index < -0.39 is 0 Å². The Morgan fingerprint density at radius 3 is 2.53 bits per heavy atom. The quantitative estimate of drug-likeness (QED) is 0.596. The van der Waals surface area contributed by atoms with Gasteiger partial charge in [0.1, 0.15) is 11.6 Å². The van der Waals surface area contributed by atoms with Crippen LogP contribution in [0.3, 0.4) is 0 Å². The number of rotatable bonds is 5. The number of aromatic nitrogens is 2. The van der Waals surface area contributed by atoms with Crippen molar-refractivity contribution >= 4 is 11.8 Å². The number of hydrogen-bond donors (Lipinski definition) is 0. The molecule has 3 saturated heterocycles. The van der Waals surface area contributed by atoms with E-state index in [1.165, 1.54) is 24.6 Å². The second-order valence-electron chi connectivity index (χ2n) is 11.9. The lowest BCUT2D eigenvalue weighted by molar-refractivity contribution is -0.132. The molecule has 38 heavy (non-hydrogen) atoms. The van der Waals surface area contributed by atoms with Crippen LogP contribution >= 0.6 is 0 Å². The topological polar surface area (TPSA) is 61.7 Å². The van der Waals surface area contributed by atoms with Crippen LogP contribution in [-0.2, 0) is 22.6 Å². The zero-order valence-electron chi connectivity index (χ0n) is 22.9. The number of hydrogen-bond acceptors (Lipinski definition) is 4. The molecule has 2 amide bonds. The molecule has 1 aromatic heterocycles. The summed E-state index contributed by atoms with van der Waals surface area (Å²) >= 11 is 0. The summed E-state index contributed by atoms with van der Waals surface area (Å²) in [6.45, 7) is 9.49. The summed E-state index contributed by atoms with van der Waals surface area (Å²) in [4.78, 5) is 36.1. The summed E-state index contributed by atoms with van der Waals surface area (Å²) in [6.07, 6.45) is 6.09. The van der Waals surface area contributed by atoms with Gasteiger partial charge in [-0.2, -0.15) is 0 Å². The molecule has 1 unspecified atom stereocenters. The molecule has 0 saturated carbocycles. The Balaban J connectivity index is 1.18. The van der Waals surface area contributed by atoms with Gasteiger partial charge in [0.05, 0.1) is 12.2 Å².